The first-order valence-electron chi connectivity index (χ1n) is 19.7. The third-order valence-electron chi connectivity index (χ3n) is 13.2. The van der Waals surface area contributed by atoms with Crippen LogP contribution in [0.1, 0.15) is 55.2 Å². The Morgan fingerprint density at radius 1 is 0.842 bits per heavy atom. The number of hydrogen-bond donors (Lipinski definition) is 1. The van der Waals surface area contributed by atoms with Gasteiger partial charge in [0.25, 0.3) is 0 Å². The van der Waals surface area contributed by atoms with Crippen molar-refractivity contribution in [3.05, 3.63) is 136 Å². The van der Waals surface area contributed by atoms with Crippen LogP contribution in [0.3, 0.4) is 0 Å². The van der Waals surface area contributed by atoms with Crippen molar-refractivity contribution in [1.82, 2.24) is 9.80 Å². The molecule has 11 heteroatoms. The van der Waals surface area contributed by atoms with Gasteiger partial charge in [0.2, 0.25) is 23.6 Å². The minimum absolute atomic E-state index is 0.115. The number of imide groups is 2. The second-order valence-electron chi connectivity index (χ2n) is 16.3. The third kappa shape index (κ3) is 6.24. The third-order valence-corrected chi connectivity index (χ3v) is 13.5. The average Bonchev–Trinajstić information content (AvgIpc) is 3.59. The Morgan fingerprint density at radius 2 is 1.54 bits per heavy atom. The number of nitrogens with zero attached hydrogens (tertiary/aromatic N) is 3. The highest BCUT2D eigenvalue weighted by atomic mass is 35.5. The first kappa shape index (κ1) is 37.3. The van der Waals surface area contributed by atoms with E-state index in [0.717, 1.165) is 41.7 Å². The number of phenols is 1. The lowest BCUT2D eigenvalue weighted by Crippen LogP contribution is -2.49. The zero-order valence-corrected chi connectivity index (χ0v) is 32.3. The molecule has 1 N–H and O–H groups in total. The smallest absolute Gasteiger partial charge is 0.241 e. The minimum Gasteiger partial charge on any atom is -0.508 e. The highest BCUT2D eigenvalue weighted by Gasteiger charge is 2.68. The van der Waals surface area contributed by atoms with E-state index >= 15 is 0 Å². The number of amides is 4. The Balaban J connectivity index is 1.05. The summed E-state index contributed by atoms with van der Waals surface area (Å²) >= 11 is 6.16. The quantitative estimate of drug-likeness (QED) is 0.144. The zero-order valence-electron chi connectivity index (χ0n) is 31.5. The van der Waals surface area contributed by atoms with E-state index in [9.17, 15) is 28.7 Å². The Bertz CT molecular complexity index is 2300. The van der Waals surface area contributed by atoms with Gasteiger partial charge in [-0.1, -0.05) is 90.0 Å². The maximum atomic E-state index is 14.8. The van der Waals surface area contributed by atoms with E-state index < -0.39 is 52.6 Å². The molecule has 3 heterocycles. The van der Waals surface area contributed by atoms with Gasteiger partial charge in [0.1, 0.15) is 23.9 Å². The van der Waals surface area contributed by atoms with Crippen LogP contribution in [0.4, 0.5) is 10.1 Å². The van der Waals surface area contributed by atoms with Gasteiger partial charge in [-0.05, 0) is 73.9 Å². The van der Waals surface area contributed by atoms with Gasteiger partial charge < -0.3 is 9.84 Å². The van der Waals surface area contributed by atoms with Crippen LogP contribution in [-0.2, 0) is 32.3 Å². The fourth-order valence-corrected chi connectivity index (χ4v) is 10.6. The number of benzene rings is 4. The van der Waals surface area contributed by atoms with Gasteiger partial charge in [-0.15, -0.1) is 0 Å². The first-order valence-corrected chi connectivity index (χ1v) is 20.1. The monoisotopic (exact) mass is 787 g/mol. The number of fused-ring (bicyclic) bond motifs is 4. The van der Waals surface area contributed by atoms with Gasteiger partial charge in [0.05, 0.1) is 33.9 Å². The van der Waals surface area contributed by atoms with E-state index in [4.69, 9.17) is 16.3 Å². The summed E-state index contributed by atoms with van der Waals surface area (Å²) in [5.74, 6) is -5.32. The number of carbonyl (C=O) groups excluding carboxylic acids is 4. The molecule has 3 aliphatic heterocycles. The molecule has 3 saturated heterocycles. The number of carbonyl (C=O) groups is 4. The summed E-state index contributed by atoms with van der Waals surface area (Å²) in [6.07, 6.45) is 3.79. The Labute approximate surface area is 335 Å². The van der Waals surface area contributed by atoms with Crippen LogP contribution in [0.25, 0.3) is 0 Å². The van der Waals surface area contributed by atoms with Gasteiger partial charge in [-0.3, -0.25) is 29.0 Å². The summed E-state index contributed by atoms with van der Waals surface area (Å²) < 4.78 is 20.3. The Morgan fingerprint density at radius 3 is 2.23 bits per heavy atom. The average molecular weight is 788 g/mol. The standard InChI is InChI=1S/C46H43ClFN3O6/c1-46-36(43(54)51(45(46)56)30-12-17-38(48)37(47)22-30)24-35-32(41(46)33-14-13-31(23-39(33)52)57-26-28-10-6-3-7-11-28)15-16-34-40(35)44(55)50(42(34)53)29-18-20-49(21-19-29)25-27-8-4-2-5-9-27/h2-15,17,22-23,29,34-36,40-41,52H,16,18-21,24-26H2,1H3/t34-,35+,36-,40-,41+,46+/m0/s1. The largest absolute Gasteiger partial charge is 0.508 e. The van der Waals surface area contributed by atoms with Crippen LogP contribution >= 0.6 is 11.6 Å². The summed E-state index contributed by atoms with van der Waals surface area (Å²) in [7, 11) is 0. The van der Waals surface area contributed by atoms with Gasteiger partial charge in [0, 0.05) is 43.2 Å². The summed E-state index contributed by atoms with van der Waals surface area (Å²) in [5, 5.41) is 11.5. The first-order chi connectivity index (χ1) is 27.5. The molecule has 4 fully saturated rings. The lowest BCUT2D eigenvalue weighted by molar-refractivity contribution is -0.144. The van der Waals surface area contributed by atoms with E-state index in [-0.39, 0.29) is 47.3 Å². The molecule has 9 rings (SSSR count). The van der Waals surface area contributed by atoms with E-state index in [0.29, 0.717) is 30.6 Å². The number of ether oxygens (including phenoxy) is 1. The molecule has 0 aromatic heterocycles. The number of anilines is 1. The van der Waals surface area contributed by atoms with Gasteiger partial charge in [-0.2, -0.15) is 0 Å². The van der Waals surface area contributed by atoms with Crippen LogP contribution in [0.5, 0.6) is 11.5 Å². The number of halogens is 2. The molecule has 0 bridgehead atoms. The molecule has 0 unspecified atom stereocenters. The molecule has 4 aromatic carbocycles. The van der Waals surface area contributed by atoms with Crippen molar-refractivity contribution in [2.45, 2.75) is 57.7 Å². The van der Waals surface area contributed by atoms with Gasteiger partial charge >= 0.3 is 0 Å². The van der Waals surface area contributed by atoms with Crippen molar-refractivity contribution in [2.75, 3.05) is 18.0 Å². The highest BCUT2D eigenvalue weighted by molar-refractivity contribution is 6.31. The number of rotatable bonds is 8. The Kier molecular flexibility index (Phi) is 9.52. The number of likely N-dealkylation sites (tertiary alicyclic amines) is 2. The summed E-state index contributed by atoms with van der Waals surface area (Å²) in [6, 6.07) is 28.4. The van der Waals surface area contributed by atoms with E-state index in [1.54, 1.807) is 19.1 Å². The van der Waals surface area contributed by atoms with Crippen molar-refractivity contribution < 1.29 is 33.4 Å². The number of hydrogen-bond acceptors (Lipinski definition) is 7. The predicted molar refractivity (Wildman–Crippen MR) is 212 cm³/mol. The van der Waals surface area contributed by atoms with Crippen molar-refractivity contribution in [2.24, 2.45) is 29.1 Å². The molecule has 4 amide bonds. The van der Waals surface area contributed by atoms with Crippen molar-refractivity contribution in [3.8, 4) is 11.5 Å². The van der Waals surface area contributed by atoms with Crippen LogP contribution in [-0.4, -0.2) is 57.7 Å². The minimum atomic E-state index is -1.39. The molecular weight excluding hydrogens is 745 g/mol. The van der Waals surface area contributed by atoms with E-state index in [2.05, 4.69) is 17.0 Å². The summed E-state index contributed by atoms with van der Waals surface area (Å²) in [4.78, 5) is 63.2. The SMILES string of the molecule is C[C@@]12C(=O)N(c3ccc(F)c(Cl)c3)C(=O)[C@@H]1C[C@@H]1C(=CC[C@@H]3C(=O)N(C4CCN(Cc5ccccc5)CC4)C(=O)[C@@H]31)[C@@H]2c1ccc(OCc2ccccc2)cc1O. The molecule has 6 atom stereocenters. The molecule has 9 nitrogen and oxygen atoms in total. The predicted octanol–water partition coefficient (Wildman–Crippen LogP) is 7.66. The molecule has 5 aliphatic rings. The second-order valence-corrected chi connectivity index (χ2v) is 16.7. The molecule has 0 spiro atoms. The summed E-state index contributed by atoms with van der Waals surface area (Å²) in [6.45, 7) is 4.34. The fourth-order valence-electron chi connectivity index (χ4n) is 10.4. The normalized spacial score (nSPS) is 27.6. The maximum Gasteiger partial charge on any atom is 0.241 e. The van der Waals surface area contributed by atoms with Crippen molar-refractivity contribution in [1.29, 1.82) is 0 Å². The summed E-state index contributed by atoms with van der Waals surface area (Å²) in [5.41, 5.74) is 2.11. The highest BCUT2D eigenvalue weighted by Crippen LogP contribution is 2.64. The van der Waals surface area contributed by atoms with Crippen LogP contribution in [0.2, 0.25) is 5.02 Å². The molecule has 57 heavy (non-hydrogen) atoms. The molecule has 4 aromatic rings. The number of phenolic OH excluding ortho intramolecular Hbond substituents is 1. The Hall–Kier alpha value is -5.32. The van der Waals surface area contributed by atoms with Crippen molar-refractivity contribution in [3.63, 3.8) is 0 Å². The van der Waals surface area contributed by atoms with Crippen LogP contribution in [0.15, 0.2) is 109 Å². The molecule has 292 valence electrons. The lowest BCUT2D eigenvalue weighted by atomic mass is 9.51. The molecular formula is C46H43ClFN3O6. The molecule has 1 saturated carbocycles. The number of piperidine rings is 1. The zero-order chi connectivity index (χ0) is 39.6. The van der Waals surface area contributed by atoms with Crippen LogP contribution < -0.4 is 9.64 Å². The van der Waals surface area contributed by atoms with E-state index in [1.165, 1.54) is 28.7 Å². The fraction of sp³-hybridized carbons (Fsp3) is 0.348. The lowest BCUT2D eigenvalue weighted by Gasteiger charge is -2.49. The van der Waals surface area contributed by atoms with E-state index in [1.807, 2.05) is 54.6 Å². The number of allylic oxidation sites excluding steroid dienone is 2. The van der Waals surface area contributed by atoms with Crippen LogP contribution in [0, 0.1) is 34.9 Å². The second kappa shape index (κ2) is 14.6. The van der Waals surface area contributed by atoms with Gasteiger partial charge in [-0.25, -0.2) is 9.29 Å². The van der Waals surface area contributed by atoms with Gasteiger partial charge in [0.15, 0.2) is 0 Å². The molecule has 2 aliphatic carbocycles. The molecule has 0 radical (unpaired) electrons. The topological polar surface area (TPSA) is 107 Å². The maximum absolute atomic E-state index is 14.8. The number of aromatic hydroxyl groups is 1. The van der Waals surface area contributed by atoms with Crippen molar-refractivity contribution >= 4 is 40.9 Å².